The largest absolute Gasteiger partial charge is 0.351 e. The maximum atomic E-state index is 13.0. The molecule has 2 heterocycles. The highest BCUT2D eigenvalue weighted by molar-refractivity contribution is 5.97. The van der Waals surface area contributed by atoms with Gasteiger partial charge in [-0.05, 0) is 37.4 Å². The van der Waals surface area contributed by atoms with Crippen LogP contribution in [0, 0.1) is 11.3 Å². The summed E-state index contributed by atoms with van der Waals surface area (Å²) in [6.07, 6.45) is 4.87. The third-order valence-corrected chi connectivity index (χ3v) is 6.02. The minimum absolute atomic E-state index is 0. The van der Waals surface area contributed by atoms with Gasteiger partial charge in [-0.25, -0.2) is 0 Å². The Kier molecular flexibility index (Phi) is 5.35. The van der Waals surface area contributed by atoms with E-state index in [1.54, 1.807) is 4.90 Å². The molecular formula is C19H26ClN3O2. The number of carbonyl (C=O) groups is 2. The first-order chi connectivity index (χ1) is 11.7. The maximum absolute atomic E-state index is 13.0. The Bertz CT molecular complexity index is 639. The van der Waals surface area contributed by atoms with E-state index in [1.807, 2.05) is 30.3 Å². The van der Waals surface area contributed by atoms with Crippen molar-refractivity contribution in [3.05, 3.63) is 30.3 Å². The Hall–Kier alpha value is -1.59. The van der Waals surface area contributed by atoms with Gasteiger partial charge in [0.15, 0.2) is 0 Å². The molecule has 2 amide bonds. The number of benzene rings is 1. The normalized spacial score (nSPS) is 31.4. The molecule has 25 heavy (non-hydrogen) atoms. The average molecular weight is 364 g/mol. The monoisotopic (exact) mass is 363 g/mol. The average Bonchev–Trinajstić information content (AvgIpc) is 3.20. The van der Waals surface area contributed by atoms with Crippen molar-refractivity contribution < 1.29 is 9.59 Å². The standard InChI is InChI=1S/C19H25N3O2.ClH/c23-17-10-15(12-22(17)16-7-2-1-3-8-16)21-18(24)19-9-5-4-6-14(19)11-20-13-19;/h1-3,7-8,14-15,20H,4-6,9-13H2,(H,21,24);1H/t14-,15?,19+;/m0./s1. The summed E-state index contributed by atoms with van der Waals surface area (Å²) in [6, 6.07) is 9.62. The molecule has 1 aliphatic carbocycles. The van der Waals surface area contributed by atoms with Crippen LogP contribution < -0.4 is 15.5 Å². The Morgan fingerprint density at radius 3 is 2.84 bits per heavy atom. The Morgan fingerprint density at radius 1 is 1.24 bits per heavy atom. The zero-order chi connectivity index (χ0) is 16.6. The van der Waals surface area contributed by atoms with Crippen LogP contribution in [-0.4, -0.2) is 37.5 Å². The Labute approximate surface area is 154 Å². The highest BCUT2D eigenvalue weighted by Crippen LogP contribution is 2.44. The number of halogens is 1. The summed E-state index contributed by atoms with van der Waals surface area (Å²) in [4.78, 5) is 27.1. The van der Waals surface area contributed by atoms with E-state index < -0.39 is 0 Å². The first-order valence-electron chi connectivity index (χ1n) is 9.06. The van der Waals surface area contributed by atoms with Crippen molar-refractivity contribution in [2.24, 2.45) is 11.3 Å². The lowest BCUT2D eigenvalue weighted by molar-refractivity contribution is -0.134. The number of carbonyl (C=O) groups excluding carboxylic acids is 2. The smallest absolute Gasteiger partial charge is 0.229 e. The van der Waals surface area contributed by atoms with E-state index in [4.69, 9.17) is 0 Å². The SMILES string of the molecule is Cl.O=C1CC(NC(=O)[C@@]23CCCC[C@H]2CNC3)CN1c1ccccc1. The van der Waals surface area contributed by atoms with Crippen molar-refractivity contribution >= 4 is 29.9 Å². The van der Waals surface area contributed by atoms with Gasteiger partial charge in [0.1, 0.15) is 0 Å². The van der Waals surface area contributed by atoms with E-state index in [0.29, 0.717) is 18.9 Å². The number of nitrogens with one attached hydrogen (secondary N) is 2. The van der Waals surface area contributed by atoms with E-state index in [1.165, 1.54) is 6.42 Å². The van der Waals surface area contributed by atoms with Crippen LogP contribution in [0.2, 0.25) is 0 Å². The van der Waals surface area contributed by atoms with Crippen LogP contribution in [0.3, 0.4) is 0 Å². The minimum atomic E-state index is -0.249. The van der Waals surface area contributed by atoms with Gasteiger partial charge >= 0.3 is 0 Å². The van der Waals surface area contributed by atoms with E-state index in [0.717, 1.165) is 38.0 Å². The van der Waals surface area contributed by atoms with Crippen molar-refractivity contribution in [1.29, 1.82) is 0 Å². The van der Waals surface area contributed by atoms with E-state index >= 15 is 0 Å². The molecule has 0 spiro atoms. The van der Waals surface area contributed by atoms with Crippen LogP contribution in [0.5, 0.6) is 0 Å². The second-order valence-corrected chi connectivity index (χ2v) is 7.44. The quantitative estimate of drug-likeness (QED) is 0.864. The molecule has 5 nitrogen and oxygen atoms in total. The molecular weight excluding hydrogens is 338 g/mol. The summed E-state index contributed by atoms with van der Waals surface area (Å²) in [5, 5.41) is 6.62. The van der Waals surface area contributed by atoms with Crippen molar-refractivity contribution in [3.63, 3.8) is 0 Å². The molecule has 4 rings (SSSR count). The predicted molar refractivity (Wildman–Crippen MR) is 99.9 cm³/mol. The van der Waals surface area contributed by atoms with Crippen LogP contribution in [-0.2, 0) is 9.59 Å². The molecule has 2 aliphatic heterocycles. The molecule has 1 aromatic carbocycles. The summed E-state index contributed by atoms with van der Waals surface area (Å²) < 4.78 is 0. The molecule has 0 radical (unpaired) electrons. The van der Waals surface area contributed by atoms with Crippen LogP contribution in [0.15, 0.2) is 30.3 Å². The molecule has 2 saturated heterocycles. The third-order valence-electron chi connectivity index (χ3n) is 6.02. The summed E-state index contributed by atoms with van der Waals surface area (Å²) in [5.74, 6) is 0.701. The first-order valence-corrected chi connectivity index (χ1v) is 9.06. The van der Waals surface area contributed by atoms with Crippen molar-refractivity contribution in [1.82, 2.24) is 10.6 Å². The molecule has 1 saturated carbocycles. The van der Waals surface area contributed by atoms with Crippen molar-refractivity contribution in [2.45, 2.75) is 38.1 Å². The third kappa shape index (κ3) is 3.27. The van der Waals surface area contributed by atoms with Gasteiger partial charge in [-0.3, -0.25) is 9.59 Å². The highest BCUT2D eigenvalue weighted by Gasteiger charge is 2.50. The molecule has 136 valence electrons. The topological polar surface area (TPSA) is 61.4 Å². The van der Waals surface area contributed by atoms with Gasteiger partial charge in [-0.15, -0.1) is 12.4 Å². The van der Waals surface area contributed by atoms with Crippen molar-refractivity contribution in [2.75, 3.05) is 24.5 Å². The van der Waals surface area contributed by atoms with Crippen molar-refractivity contribution in [3.8, 4) is 0 Å². The molecule has 0 bridgehead atoms. The lowest BCUT2D eigenvalue weighted by Gasteiger charge is -2.37. The number of anilines is 1. The number of fused-ring (bicyclic) bond motifs is 1. The van der Waals surface area contributed by atoms with Crippen LogP contribution in [0.1, 0.15) is 32.1 Å². The molecule has 0 aromatic heterocycles. The lowest BCUT2D eigenvalue weighted by atomic mass is 9.67. The van der Waals surface area contributed by atoms with Gasteiger partial charge in [-0.1, -0.05) is 31.0 Å². The second kappa shape index (κ2) is 7.34. The molecule has 3 atom stereocenters. The summed E-state index contributed by atoms with van der Waals surface area (Å²) in [7, 11) is 0. The summed E-state index contributed by atoms with van der Waals surface area (Å²) in [6.45, 7) is 2.31. The van der Waals surface area contributed by atoms with Gasteiger partial charge in [0.2, 0.25) is 11.8 Å². The number of hydrogen-bond acceptors (Lipinski definition) is 3. The molecule has 6 heteroatoms. The summed E-state index contributed by atoms with van der Waals surface area (Å²) in [5.41, 5.74) is 0.664. The Morgan fingerprint density at radius 2 is 2.04 bits per heavy atom. The van der Waals surface area contributed by atoms with Crippen LogP contribution >= 0.6 is 12.4 Å². The molecule has 1 unspecified atom stereocenters. The Balaban J connectivity index is 0.00000182. The number of amides is 2. The van der Waals surface area contributed by atoms with E-state index in [-0.39, 0.29) is 35.7 Å². The zero-order valence-electron chi connectivity index (χ0n) is 14.4. The maximum Gasteiger partial charge on any atom is 0.229 e. The fourth-order valence-corrected chi connectivity index (χ4v) is 4.68. The minimum Gasteiger partial charge on any atom is -0.351 e. The number of rotatable bonds is 3. The molecule has 3 fully saturated rings. The molecule has 2 N–H and O–H groups in total. The molecule has 1 aromatic rings. The summed E-state index contributed by atoms with van der Waals surface area (Å²) >= 11 is 0. The van der Waals surface area contributed by atoms with Crippen LogP contribution in [0.25, 0.3) is 0 Å². The highest BCUT2D eigenvalue weighted by atomic mass is 35.5. The first kappa shape index (κ1) is 18.2. The van der Waals surface area contributed by atoms with Gasteiger partial charge in [-0.2, -0.15) is 0 Å². The van der Waals surface area contributed by atoms with Gasteiger partial charge in [0.25, 0.3) is 0 Å². The van der Waals surface area contributed by atoms with E-state index in [2.05, 4.69) is 10.6 Å². The second-order valence-electron chi connectivity index (χ2n) is 7.44. The number of hydrogen-bond donors (Lipinski definition) is 2. The fourth-order valence-electron chi connectivity index (χ4n) is 4.68. The molecule has 3 aliphatic rings. The van der Waals surface area contributed by atoms with Gasteiger partial charge in [0, 0.05) is 25.2 Å². The number of nitrogens with zero attached hydrogens (tertiary/aromatic N) is 1. The van der Waals surface area contributed by atoms with Gasteiger partial charge < -0.3 is 15.5 Å². The van der Waals surface area contributed by atoms with Gasteiger partial charge in [0.05, 0.1) is 11.5 Å². The number of para-hydroxylation sites is 1. The predicted octanol–water partition coefficient (Wildman–Crippen LogP) is 2.11. The van der Waals surface area contributed by atoms with E-state index in [9.17, 15) is 9.59 Å². The lowest BCUT2D eigenvalue weighted by Crippen LogP contribution is -2.51. The fraction of sp³-hybridized carbons (Fsp3) is 0.579. The zero-order valence-corrected chi connectivity index (χ0v) is 15.2. The van der Waals surface area contributed by atoms with Crippen LogP contribution in [0.4, 0.5) is 5.69 Å².